The van der Waals surface area contributed by atoms with Gasteiger partial charge in [-0.05, 0) is 30.0 Å². The molecule has 3 aliphatic rings. The summed E-state index contributed by atoms with van der Waals surface area (Å²) in [5.41, 5.74) is 2.79. The van der Waals surface area contributed by atoms with Crippen molar-refractivity contribution in [2.75, 3.05) is 50.2 Å². The highest BCUT2D eigenvalue weighted by molar-refractivity contribution is 6.02. The Balaban J connectivity index is 1.27. The van der Waals surface area contributed by atoms with Gasteiger partial charge >= 0.3 is 0 Å². The van der Waals surface area contributed by atoms with Crippen LogP contribution in [-0.4, -0.2) is 60.7 Å². The molecule has 1 saturated heterocycles. The highest BCUT2D eigenvalue weighted by Gasteiger charge is 2.29. The molecule has 0 bridgehead atoms. The Morgan fingerprint density at radius 3 is 2.70 bits per heavy atom. The van der Waals surface area contributed by atoms with Crippen LogP contribution in [0.15, 0.2) is 18.2 Å². The Labute approximate surface area is 176 Å². The number of hydrogen-bond donors (Lipinski definition) is 1. The molecule has 2 aromatic rings. The van der Waals surface area contributed by atoms with Crippen LogP contribution in [-0.2, 0) is 13.0 Å². The Morgan fingerprint density at radius 2 is 1.90 bits per heavy atom. The fraction of sp³-hybridized carbons (Fsp3) is 0.500. The Hall–Kier alpha value is -2.87. The molecule has 30 heavy (non-hydrogen) atoms. The molecule has 2 aliphatic heterocycles. The monoisotopic (exact) mass is 409 g/mol. The number of nitrogens with zero attached hydrogens (tertiary/aromatic N) is 4. The highest BCUT2D eigenvalue weighted by atomic mass is 16.7. The van der Waals surface area contributed by atoms with Crippen molar-refractivity contribution in [3.8, 4) is 11.5 Å². The second kappa shape index (κ2) is 7.75. The largest absolute Gasteiger partial charge is 0.454 e. The Morgan fingerprint density at radius 1 is 1.10 bits per heavy atom. The van der Waals surface area contributed by atoms with Crippen molar-refractivity contribution in [1.82, 2.24) is 14.9 Å². The van der Waals surface area contributed by atoms with E-state index in [1.807, 2.05) is 13.1 Å². The highest BCUT2D eigenvalue weighted by Crippen LogP contribution is 2.33. The predicted molar refractivity (Wildman–Crippen MR) is 113 cm³/mol. The number of aromatic nitrogens is 2. The average molecular weight is 409 g/mol. The van der Waals surface area contributed by atoms with E-state index in [9.17, 15) is 4.79 Å². The zero-order valence-corrected chi connectivity index (χ0v) is 17.5. The van der Waals surface area contributed by atoms with Crippen LogP contribution in [0.2, 0.25) is 0 Å². The number of carbonyl (C=O) groups is 1. The van der Waals surface area contributed by atoms with Gasteiger partial charge in [-0.2, -0.15) is 4.98 Å². The molecule has 1 aliphatic carbocycles. The summed E-state index contributed by atoms with van der Waals surface area (Å²) in [5.74, 6) is 3.51. The molecule has 8 nitrogen and oxygen atoms in total. The molecule has 0 saturated carbocycles. The fourth-order valence-corrected chi connectivity index (χ4v) is 4.48. The summed E-state index contributed by atoms with van der Waals surface area (Å²) in [4.78, 5) is 26.6. The van der Waals surface area contributed by atoms with Gasteiger partial charge < -0.3 is 19.7 Å². The van der Waals surface area contributed by atoms with Crippen molar-refractivity contribution in [2.45, 2.75) is 26.3 Å². The lowest BCUT2D eigenvalue weighted by molar-refractivity contribution is 0.0952. The minimum absolute atomic E-state index is 0.146. The second-order valence-electron chi connectivity index (χ2n) is 8.33. The number of anilines is 2. The maximum atomic E-state index is 12.5. The van der Waals surface area contributed by atoms with Crippen LogP contribution in [0.5, 0.6) is 11.5 Å². The van der Waals surface area contributed by atoms with E-state index in [1.165, 1.54) is 5.56 Å². The summed E-state index contributed by atoms with van der Waals surface area (Å²) in [7, 11) is 1.82. The molecule has 1 fully saturated rings. The minimum Gasteiger partial charge on any atom is -0.454 e. The first-order valence-electron chi connectivity index (χ1n) is 10.6. The smallest absolute Gasteiger partial charge is 0.231 e. The summed E-state index contributed by atoms with van der Waals surface area (Å²) >= 11 is 0. The Bertz CT molecular complexity index is 971. The topological polar surface area (TPSA) is 79.8 Å². The van der Waals surface area contributed by atoms with Gasteiger partial charge in [0.15, 0.2) is 17.3 Å². The number of fused-ring (bicyclic) bond motifs is 2. The van der Waals surface area contributed by atoms with E-state index in [-0.39, 0.29) is 5.78 Å². The Kier molecular flexibility index (Phi) is 4.94. The lowest BCUT2D eigenvalue weighted by Gasteiger charge is -2.35. The quantitative estimate of drug-likeness (QED) is 0.824. The van der Waals surface area contributed by atoms with Gasteiger partial charge in [-0.3, -0.25) is 9.69 Å². The third-order valence-electron chi connectivity index (χ3n) is 6.06. The third kappa shape index (κ3) is 3.56. The number of ether oxygens (including phenoxy) is 2. The average Bonchev–Trinajstić information content (AvgIpc) is 3.21. The lowest BCUT2D eigenvalue weighted by Crippen LogP contribution is -2.46. The van der Waals surface area contributed by atoms with Crippen molar-refractivity contribution in [1.29, 1.82) is 0 Å². The van der Waals surface area contributed by atoms with Gasteiger partial charge in [0, 0.05) is 46.2 Å². The molecule has 1 N–H and O–H groups in total. The van der Waals surface area contributed by atoms with E-state index in [1.54, 1.807) is 0 Å². The molecule has 1 aromatic heterocycles. The van der Waals surface area contributed by atoms with Gasteiger partial charge in [0.05, 0.1) is 11.3 Å². The number of ketones is 1. The predicted octanol–water partition coefficient (Wildman–Crippen LogP) is 2.33. The van der Waals surface area contributed by atoms with Crippen LogP contribution in [0, 0.1) is 5.92 Å². The molecule has 0 amide bonds. The van der Waals surface area contributed by atoms with Crippen molar-refractivity contribution >= 4 is 17.5 Å². The zero-order valence-electron chi connectivity index (χ0n) is 17.5. The van der Waals surface area contributed by atoms with E-state index in [2.05, 4.69) is 39.2 Å². The van der Waals surface area contributed by atoms with E-state index in [0.717, 1.165) is 62.3 Å². The van der Waals surface area contributed by atoms with Crippen LogP contribution in [0.1, 0.15) is 35.0 Å². The van der Waals surface area contributed by atoms with Crippen LogP contribution in [0.25, 0.3) is 0 Å². The van der Waals surface area contributed by atoms with Crippen molar-refractivity contribution in [3.05, 3.63) is 35.0 Å². The summed E-state index contributed by atoms with van der Waals surface area (Å²) < 4.78 is 10.9. The van der Waals surface area contributed by atoms with Gasteiger partial charge in [0.25, 0.3) is 0 Å². The second-order valence-corrected chi connectivity index (χ2v) is 8.33. The molecular formula is C22H27N5O3. The normalized spacial score (nSPS) is 20.9. The number of piperazine rings is 1. The summed E-state index contributed by atoms with van der Waals surface area (Å²) in [5, 5.41) is 3.11. The lowest BCUT2D eigenvalue weighted by atomic mass is 9.87. The molecule has 3 heterocycles. The van der Waals surface area contributed by atoms with Gasteiger partial charge in [0.2, 0.25) is 12.7 Å². The van der Waals surface area contributed by atoms with Crippen LogP contribution in [0.4, 0.5) is 11.8 Å². The SMILES string of the molecule is CNc1nc(N2CCN(Cc3ccc4c(c3)OCO4)CC2)nc2c1C(=O)C[C@@H](C)C2. The summed E-state index contributed by atoms with van der Waals surface area (Å²) in [6.45, 7) is 6.86. The number of carbonyl (C=O) groups excluding carboxylic acids is 1. The fourth-order valence-electron chi connectivity index (χ4n) is 4.48. The van der Waals surface area contributed by atoms with Gasteiger partial charge in [0.1, 0.15) is 5.82 Å². The maximum Gasteiger partial charge on any atom is 0.231 e. The molecular weight excluding hydrogens is 382 g/mol. The van der Waals surface area contributed by atoms with Crippen molar-refractivity contribution < 1.29 is 14.3 Å². The first-order chi connectivity index (χ1) is 14.6. The van der Waals surface area contributed by atoms with E-state index >= 15 is 0 Å². The molecule has 8 heteroatoms. The van der Waals surface area contributed by atoms with Gasteiger partial charge in [-0.1, -0.05) is 13.0 Å². The van der Waals surface area contributed by atoms with Crippen LogP contribution in [0.3, 0.4) is 0 Å². The van der Waals surface area contributed by atoms with Crippen LogP contribution >= 0.6 is 0 Å². The first kappa shape index (κ1) is 19.1. The standard InChI is InChI=1S/C22H27N5O3/c1-14-9-16-20(17(28)10-14)21(23-2)25-22(24-16)27-7-5-26(6-8-27)12-15-3-4-18-19(11-15)30-13-29-18/h3-4,11,14H,5-10,12-13H2,1-2H3,(H,23,24,25)/t14-/m0/s1. The third-order valence-corrected chi connectivity index (χ3v) is 6.06. The molecule has 1 aromatic carbocycles. The number of rotatable bonds is 4. The number of hydrogen-bond acceptors (Lipinski definition) is 8. The summed E-state index contributed by atoms with van der Waals surface area (Å²) in [6.07, 6.45) is 1.40. The van der Waals surface area contributed by atoms with Crippen LogP contribution < -0.4 is 19.7 Å². The van der Waals surface area contributed by atoms with Gasteiger partial charge in [-0.15, -0.1) is 0 Å². The molecule has 158 valence electrons. The molecule has 5 rings (SSSR count). The van der Waals surface area contributed by atoms with Crippen molar-refractivity contribution in [3.63, 3.8) is 0 Å². The first-order valence-corrected chi connectivity index (χ1v) is 10.6. The van der Waals surface area contributed by atoms with E-state index < -0.39 is 0 Å². The minimum atomic E-state index is 0.146. The van der Waals surface area contributed by atoms with E-state index in [0.29, 0.717) is 30.5 Å². The number of nitrogens with one attached hydrogen (secondary N) is 1. The summed E-state index contributed by atoms with van der Waals surface area (Å²) in [6, 6.07) is 6.15. The van der Waals surface area contributed by atoms with Crippen molar-refractivity contribution in [2.24, 2.45) is 5.92 Å². The maximum absolute atomic E-state index is 12.5. The number of Topliss-reactive ketones (excluding diaryl/α,β-unsaturated/α-hetero) is 1. The zero-order chi connectivity index (χ0) is 20.7. The number of benzene rings is 1. The van der Waals surface area contributed by atoms with Gasteiger partial charge in [-0.25, -0.2) is 4.98 Å². The molecule has 0 spiro atoms. The van der Waals surface area contributed by atoms with E-state index in [4.69, 9.17) is 14.5 Å². The molecule has 0 radical (unpaired) electrons. The molecule has 0 unspecified atom stereocenters. The molecule has 1 atom stereocenters.